The van der Waals surface area contributed by atoms with Gasteiger partial charge in [-0.25, -0.2) is 14.4 Å². The topological polar surface area (TPSA) is 76.5 Å². The van der Waals surface area contributed by atoms with E-state index in [1.165, 1.54) is 29.6 Å². The minimum atomic E-state index is -4.44. The number of nitrogens with zero attached hydrogens (tertiary/aromatic N) is 4. The van der Waals surface area contributed by atoms with E-state index in [-0.39, 0.29) is 16.9 Å². The Morgan fingerprint density at radius 1 is 1.18 bits per heavy atom. The van der Waals surface area contributed by atoms with Gasteiger partial charge >= 0.3 is 6.18 Å². The van der Waals surface area contributed by atoms with E-state index in [0.29, 0.717) is 41.4 Å². The van der Waals surface area contributed by atoms with Crippen LogP contribution in [0.1, 0.15) is 52.4 Å². The smallest absolute Gasteiger partial charge is 0.382 e. The monoisotopic (exact) mass is 471 g/mol. The summed E-state index contributed by atoms with van der Waals surface area (Å²) < 4.78 is 56.3. The second-order valence-corrected chi connectivity index (χ2v) is 8.56. The van der Waals surface area contributed by atoms with Crippen LogP contribution in [0, 0.1) is 5.82 Å². The number of anilines is 1. The number of nitrogen functional groups attached to an aromatic ring is 1. The summed E-state index contributed by atoms with van der Waals surface area (Å²) >= 11 is 0. The maximum absolute atomic E-state index is 15.0. The molecule has 0 radical (unpaired) electrons. The van der Waals surface area contributed by atoms with Gasteiger partial charge in [0.1, 0.15) is 17.2 Å². The standard InChI is InChI=1S/C24H21F4N5O/c1-32(19-5-3-2-4-13-8-14(24(26,27)28)6-7-15(13)19)23(34)16-9-20-18(10-17(16)25)31-22(29)21-11-30-12-33(20)21/h6-12,19H,2-5H2,1H3,(H2,29,31)/t19-/m1/s1. The maximum atomic E-state index is 15.0. The van der Waals surface area contributed by atoms with E-state index in [0.717, 1.165) is 24.6 Å². The second kappa shape index (κ2) is 7.96. The van der Waals surface area contributed by atoms with Crippen LogP contribution in [0.15, 0.2) is 42.9 Å². The number of aryl methyl sites for hydroxylation is 1. The minimum absolute atomic E-state index is 0.158. The number of amides is 1. The SMILES string of the molecule is CN(C(=O)c1cc2c(cc1F)nc(N)c1cncn12)[C@@H]1CCCCc2cc(C(F)(F)F)ccc21. The number of benzene rings is 2. The van der Waals surface area contributed by atoms with Crippen molar-refractivity contribution in [1.82, 2.24) is 19.3 Å². The molecule has 2 heterocycles. The maximum Gasteiger partial charge on any atom is 0.416 e. The lowest BCUT2D eigenvalue weighted by Gasteiger charge is -2.29. The first-order valence-corrected chi connectivity index (χ1v) is 10.8. The van der Waals surface area contributed by atoms with Crippen molar-refractivity contribution in [1.29, 1.82) is 0 Å². The molecule has 0 fully saturated rings. The summed E-state index contributed by atoms with van der Waals surface area (Å²) in [5.41, 5.74) is 7.55. The van der Waals surface area contributed by atoms with Crippen molar-refractivity contribution in [2.24, 2.45) is 0 Å². The number of carbonyl (C=O) groups is 1. The van der Waals surface area contributed by atoms with E-state index in [4.69, 9.17) is 5.73 Å². The number of halogens is 4. The minimum Gasteiger partial charge on any atom is -0.382 e. The van der Waals surface area contributed by atoms with E-state index in [9.17, 15) is 18.0 Å². The average Bonchev–Trinajstić information content (AvgIpc) is 3.19. The molecule has 1 aliphatic carbocycles. The van der Waals surface area contributed by atoms with Gasteiger partial charge in [-0.15, -0.1) is 0 Å². The highest BCUT2D eigenvalue weighted by Gasteiger charge is 2.33. The third-order valence-corrected chi connectivity index (χ3v) is 6.49. The Balaban J connectivity index is 1.56. The highest BCUT2D eigenvalue weighted by atomic mass is 19.4. The number of alkyl halides is 3. The Morgan fingerprint density at radius 2 is 1.97 bits per heavy atom. The predicted octanol–water partition coefficient (Wildman–Crippen LogP) is 5.16. The summed E-state index contributed by atoms with van der Waals surface area (Å²) in [7, 11) is 1.55. The fraction of sp³-hybridized carbons (Fsp3) is 0.292. The number of hydrogen-bond donors (Lipinski definition) is 1. The van der Waals surface area contributed by atoms with Crippen LogP contribution in [0.25, 0.3) is 16.6 Å². The van der Waals surface area contributed by atoms with Gasteiger partial charge in [0.15, 0.2) is 0 Å². The van der Waals surface area contributed by atoms with Crippen LogP contribution in [0.3, 0.4) is 0 Å². The summed E-state index contributed by atoms with van der Waals surface area (Å²) in [6.45, 7) is 0. The largest absolute Gasteiger partial charge is 0.416 e. The molecule has 4 aromatic rings. The fourth-order valence-electron chi connectivity index (χ4n) is 4.73. The molecule has 176 valence electrons. The highest BCUT2D eigenvalue weighted by molar-refractivity contribution is 5.98. The normalized spacial score (nSPS) is 16.4. The van der Waals surface area contributed by atoms with Gasteiger partial charge in [-0.3, -0.25) is 9.20 Å². The number of carbonyl (C=O) groups excluding carboxylic acids is 1. The Kier molecular flexibility index (Phi) is 5.18. The van der Waals surface area contributed by atoms with E-state index >= 15 is 4.39 Å². The van der Waals surface area contributed by atoms with Gasteiger partial charge in [-0.2, -0.15) is 13.2 Å². The number of imidazole rings is 1. The van der Waals surface area contributed by atoms with Gasteiger partial charge in [-0.1, -0.05) is 12.5 Å². The third-order valence-electron chi connectivity index (χ3n) is 6.49. The molecule has 0 spiro atoms. The molecule has 5 rings (SSSR count). The van der Waals surface area contributed by atoms with Crippen LogP contribution >= 0.6 is 0 Å². The Labute approximate surface area is 192 Å². The first-order chi connectivity index (χ1) is 16.1. The van der Waals surface area contributed by atoms with Gasteiger partial charge in [0, 0.05) is 13.1 Å². The first-order valence-electron chi connectivity index (χ1n) is 10.8. The van der Waals surface area contributed by atoms with Crippen molar-refractivity contribution in [3.63, 3.8) is 0 Å². The lowest BCUT2D eigenvalue weighted by Crippen LogP contribution is -2.32. The Morgan fingerprint density at radius 3 is 2.74 bits per heavy atom. The van der Waals surface area contributed by atoms with Crippen LogP contribution < -0.4 is 5.73 Å². The number of aromatic nitrogens is 3. The molecular formula is C24H21F4N5O. The number of fused-ring (bicyclic) bond motifs is 4. The fourth-order valence-corrected chi connectivity index (χ4v) is 4.73. The molecule has 0 aliphatic heterocycles. The van der Waals surface area contributed by atoms with Crippen molar-refractivity contribution in [2.45, 2.75) is 37.9 Å². The average molecular weight is 471 g/mol. The molecule has 2 N–H and O–H groups in total. The lowest BCUT2D eigenvalue weighted by atomic mass is 9.95. The highest BCUT2D eigenvalue weighted by Crippen LogP contribution is 2.37. The zero-order chi connectivity index (χ0) is 24.2. The van der Waals surface area contributed by atoms with Crippen LogP contribution in [-0.2, 0) is 12.6 Å². The lowest BCUT2D eigenvalue weighted by molar-refractivity contribution is -0.137. The molecule has 2 aromatic carbocycles. The molecule has 6 nitrogen and oxygen atoms in total. The van der Waals surface area contributed by atoms with E-state index in [2.05, 4.69) is 9.97 Å². The zero-order valence-corrected chi connectivity index (χ0v) is 18.2. The van der Waals surface area contributed by atoms with Gasteiger partial charge < -0.3 is 10.6 Å². The molecule has 2 aromatic heterocycles. The van der Waals surface area contributed by atoms with Crippen molar-refractivity contribution >= 4 is 28.3 Å². The van der Waals surface area contributed by atoms with Crippen molar-refractivity contribution < 1.29 is 22.4 Å². The van der Waals surface area contributed by atoms with Crippen molar-refractivity contribution in [2.75, 3.05) is 12.8 Å². The number of nitrogens with two attached hydrogens (primary N) is 1. The Bertz CT molecular complexity index is 1430. The molecule has 0 bridgehead atoms. The summed E-state index contributed by atoms with van der Waals surface area (Å²) in [5.74, 6) is -1.13. The number of hydrogen-bond acceptors (Lipinski definition) is 4. The first kappa shape index (κ1) is 22.1. The third kappa shape index (κ3) is 3.63. The van der Waals surface area contributed by atoms with Crippen LogP contribution in [0.4, 0.5) is 23.4 Å². The molecular weight excluding hydrogens is 450 g/mol. The van der Waals surface area contributed by atoms with Crippen LogP contribution in [0.5, 0.6) is 0 Å². The summed E-state index contributed by atoms with van der Waals surface area (Å²) in [6, 6.07) is 5.74. The summed E-state index contributed by atoms with van der Waals surface area (Å²) in [5, 5.41) is 0. The zero-order valence-electron chi connectivity index (χ0n) is 18.2. The van der Waals surface area contributed by atoms with Crippen molar-refractivity contribution in [3.05, 3.63) is 70.9 Å². The quantitative estimate of drug-likeness (QED) is 0.324. The molecule has 10 heteroatoms. The van der Waals surface area contributed by atoms with Gasteiger partial charge in [0.25, 0.3) is 5.91 Å². The summed E-state index contributed by atoms with van der Waals surface area (Å²) in [6.07, 6.45) is 1.10. The molecule has 1 atom stereocenters. The Hall–Kier alpha value is -3.69. The van der Waals surface area contributed by atoms with Gasteiger partial charge in [0.2, 0.25) is 0 Å². The van der Waals surface area contributed by atoms with Crippen LogP contribution in [-0.4, -0.2) is 32.2 Å². The molecule has 0 unspecified atom stereocenters. The molecule has 1 amide bonds. The molecule has 0 saturated heterocycles. The van der Waals surface area contributed by atoms with E-state index in [1.54, 1.807) is 11.4 Å². The van der Waals surface area contributed by atoms with Gasteiger partial charge in [-0.05, 0) is 48.6 Å². The van der Waals surface area contributed by atoms with E-state index < -0.39 is 29.5 Å². The van der Waals surface area contributed by atoms with Crippen molar-refractivity contribution in [3.8, 4) is 0 Å². The molecule has 34 heavy (non-hydrogen) atoms. The summed E-state index contributed by atoms with van der Waals surface area (Å²) in [4.78, 5) is 23.1. The molecule has 1 aliphatic rings. The number of rotatable bonds is 2. The predicted molar refractivity (Wildman–Crippen MR) is 119 cm³/mol. The van der Waals surface area contributed by atoms with Gasteiger partial charge in [0.05, 0.1) is 40.7 Å². The second-order valence-electron chi connectivity index (χ2n) is 8.56. The molecule has 0 saturated carbocycles. The van der Waals surface area contributed by atoms with E-state index in [1.807, 2.05) is 0 Å². The van der Waals surface area contributed by atoms with Crippen LogP contribution in [0.2, 0.25) is 0 Å².